The second-order valence-corrected chi connectivity index (χ2v) is 6.56. The number of rotatable bonds is 1. The Balaban J connectivity index is 2.00. The molecule has 2 heterocycles. The van der Waals surface area contributed by atoms with Crippen molar-refractivity contribution >= 4 is 10.9 Å². The SMILES string of the molecule is Cc1ccc2c(c1)c1c(n2-c2ccc(F)cc2)CCN(C)CC1. The van der Waals surface area contributed by atoms with Gasteiger partial charge in [0.2, 0.25) is 0 Å². The number of fused-ring (bicyclic) bond motifs is 3. The predicted molar refractivity (Wildman–Crippen MR) is 92.9 cm³/mol. The van der Waals surface area contributed by atoms with Gasteiger partial charge in [-0.15, -0.1) is 0 Å². The molecule has 0 aliphatic carbocycles. The molecule has 1 aromatic heterocycles. The molecule has 2 aromatic carbocycles. The molecule has 0 fully saturated rings. The van der Waals surface area contributed by atoms with Gasteiger partial charge in [-0.05, 0) is 62.4 Å². The Kier molecular flexibility index (Phi) is 3.46. The van der Waals surface area contributed by atoms with E-state index in [1.165, 1.54) is 27.7 Å². The Morgan fingerprint density at radius 1 is 0.957 bits per heavy atom. The first kappa shape index (κ1) is 14.5. The van der Waals surface area contributed by atoms with Crippen molar-refractivity contribution in [2.45, 2.75) is 19.8 Å². The van der Waals surface area contributed by atoms with E-state index in [1.807, 2.05) is 12.1 Å². The van der Waals surface area contributed by atoms with E-state index in [2.05, 4.69) is 41.6 Å². The van der Waals surface area contributed by atoms with Crippen LogP contribution in [-0.2, 0) is 12.8 Å². The van der Waals surface area contributed by atoms with Gasteiger partial charge in [-0.1, -0.05) is 11.6 Å². The summed E-state index contributed by atoms with van der Waals surface area (Å²) in [6, 6.07) is 13.5. The van der Waals surface area contributed by atoms with E-state index in [-0.39, 0.29) is 5.82 Å². The maximum atomic E-state index is 13.3. The topological polar surface area (TPSA) is 8.17 Å². The molecule has 0 amide bonds. The Morgan fingerprint density at radius 3 is 2.48 bits per heavy atom. The van der Waals surface area contributed by atoms with Gasteiger partial charge in [0.25, 0.3) is 0 Å². The van der Waals surface area contributed by atoms with Crippen molar-refractivity contribution in [1.29, 1.82) is 0 Å². The number of hydrogen-bond donors (Lipinski definition) is 0. The second kappa shape index (κ2) is 5.50. The lowest BCUT2D eigenvalue weighted by Crippen LogP contribution is -2.21. The van der Waals surface area contributed by atoms with Crippen LogP contribution in [0.4, 0.5) is 4.39 Å². The smallest absolute Gasteiger partial charge is 0.123 e. The highest BCUT2D eigenvalue weighted by Gasteiger charge is 2.21. The third-order valence-corrected chi connectivity index (χ3v) is 4.90. The van der Waals surface area contributed by atoms with Gasteiger partial charge in [-0.2, -0.15) is 0 Å². The van der Waals surface area contributed by atoms with Crippen molar-refractivity contribution in [1.82, 2.24) is 9.47 Å². The highest BCUT2D eigenvalue weighted by atomic mass is 19.1. The minimum atomic E-state index is -0.188. The third-order valence-electron chi connectivity index (χ3n) is 4.90. The summed E-state index contributed by atoms with van der Waals surface area (Å²) in [4.78, 5) is 2.39. The first-order valence-electron chi connectivity index (χ1n) is 8.21. The number of nitrogens with zero attached hydrogens (tertiary/aromatic N) is 2. The van der Waals surface area contributed by atoms with Gasteiger partial charge in [-0.3, -0.25) is 0 Å². The normalized spacial score (nSPS) is 15.6. The maximum absolute atomic E-state index is 13.3. The molecular weight excluding hydrogens is 287 g/mol. The van der Waals surface area contributed by atoms with Crippen LogP contribution in [0.15, 0.2) is 42.5 Å². The number of hydrogen-bond acceptors (Lipinski definition) is 1. The van der Waals surface area contributed by atoms with Gasteiger partial charge >= 0.3 is 0 Å². The number of benzene rings is 2. The summed E-state index contributed by atoms with van der Waals surface area (Å²) in [5, 5.41) is 1.35. The van der Waals surface area contributed by atoms with Crippen LogP contribution in [0, 0.1) is 12.7 Å². The van der Waals surface area contributed by atoms with Gasteiger partial charge in [0.05, 0.1) is 5.52 Å². The summed E-state index contributed by atoms with van der Waals surface area (Å²) in [6.45, 7) is 4.29. The molecule has 3 heteroatoms. The molecule has 0 atom stereocenters. The molecule has 1 aliphatic heterocycles. The minimum Gasteiger partial charge on any atom is -0.313 e. The summed E-state index contributed by atoms with van der Waals surface area (Å²) < 4.78 is 15.7. The lowest BCUT2D eigenvalue weighted by atomic mass is 10.1. The monoisotopic (exact) mass is 308 g/mol. The summed E-state index contributed by atoms with van der Waals surface area (Å²) in [6.07, 6.45) is 2.09. The van der Waals surface area contributed by atoms with Crippen LogP contribution in [0.2, 0.25) is 0 Å². The molecule has 0 N–H and O–H groups in total. The van der Waals surface area contributed by atoms with Crippen LogP contribution in [0.25, 0.3) is 16.6 Å². The molecule has 2 nitrogen and oxygen atoms in total. The molecular formula is C20H21FN2. The molecule has 0 saturated heterocycles. The Labute approximate surface area is 136 Å². The standard InChI is InChI=1S/C20H21FN2/c1-14-3-8-19-18(13-14)17-9-11-22(2)12-10-20(17)23(19)16-6-4-15(21)5-7-16/h3-8,13H,9-12H2,1-2H3. The van der Waals surface area contributed by atoms with Crippen LogP contribution < -0.4 is 0 Å². The Morgan fingerprint density at radius 2 is 1.70 bits per heavy atom. The van der Waals surface area contributed by atoms with E-state index in [1.54, 1.807) is 12.1 Å². The van der Waals surface area contributed by atoms with E-state index < -0.39 is 0 Å². The number of likely N-dealkylation sites (N-methyl/N-ethyl adjacent to an activating group) is 1. The molecule has 23 heavy (non-hydrogen) atoms. The lowest BCUT2D eigenvalue weighted by Gasteiger charge is -2.14. The van der Waals surface area contributed by atoms with Gasteiger partial charge in [0, 0.05) is 36.3 Å². The largest absolute Gasteiger partial charge is 0.313 e. The summed E-state index contributed by atoms with van der Waals surface area (Å²) in [7, 11) is 2.18. The van der Waals surface area contributed by atoms with Crippen molar-refractivity contribution in [3.63, 3.8) is 0 Å². The van der Waals surface area contributed by atoms with E-state index in [0.29, 0.717) is 0 Å². The van der Waals surface area contributed by atoms with E-state index in [0.717, 1.165) is 31.6 Å². The van der Waals surface area contributed by atoms with E-state index in [9.17, 15) is 4.39 Å². The first-order valence-corrected chi connectivity index (χ1v) is 8.21. The fraction of sp³-hybridized carbons (Fsp3) is 0.300. The molecule has 0 bridgehead atoms. The maximum Gasteiger partial charge on any atom is 0.123 e. The summed E-state index contributed by atoms with van der Waals surface area (Å²) in [5.41, 5.74) is 6.40. The van der Waals surface area contributed by atoms with Crippen LogP contribution >= 0.6 is 0 Å². The molecule has 4 rings (SSSR count). The van der Waals surface area contributed by atoms with Crippen molar-refractivity contribution in [3.05, 3.63) is 65.1 Å². The van der Waals surface area contributed by atoms with Gasteiger partial charge in [0.1, 0.15) is 5.82 Å². The van der Waals surface area contributed by atoms with Crippen LogP contribution in [0.1, 0.15) is 16.8 Å². The van der Waals surface area contributed by atoms with Crippen molar-refractivity contribution in [3.8, 4) is 5.69 Å². The minimum absolute atomic E-state index is 0.188. The molecule has 0 radical (unpaired) electrons. The number of halogens is 1. The lowest BCUT2D eigenvalue weighted by molar-refractivity contribution is 0.351. The van der Waals surface area contributed by atoms with Crippen molar-refractivity contribution < 1.29 is 4.39 Å². The fourth-order valence-electron chi connectivity index (χ4n) is 3.66. The fourth-order valence-corrected chi connectivity index (χ4v) is 3.66. The van der Waals surface area contributed by atoms with Gasteiger partial charge in [0.15, 0.2) is 0 Å². The van der Waals surface area contributed by atoms with Crippen LogP contribution in [0.5, 0.6) is 0 Å². The van der Waals surface area contributed by atoms with Crippen molar-refractivity contribution in [2.24, 2.45) is 0 Å². The zero-order chi connectivity index (χ0) is 16.0. The zero-order valence-corrected chi connectivity index (χ0v) is 13.6. The summed E-state index contributed by atoms with van der Waals surface area (Å²) in [5.74, 6) is -0.188. The first-order chi connectivity index (χ1) is 11.1. The highest BCUT2D eigenvalue weighted by molar-refractivity contribution is 5.88. The number of aryl methyl sites for hydroxylation is 1. The molecule has 3 aromatic rings. The Bertz CT molecular complexity index is 861. The molecule has 118 valence electrons. The van der Waals surface area contributed by atoms with Crippen LogP contribution in [-0.4, -0.2) is 29.6 Å². The van der Waals surface area contributed by atoms with E-state index in [4.69, 9.17) is 0 Å². The molecule has 1 aliphatic rings. The van der Waals surface area contributed by atoms with Crippen LogP contribution in [0.3, 0.4) is 0 Å². The molecule has 0 saturated carbocycles. The summed E-state index contributed by atoms with van der Waals surface area (Å²) >= 11 is 0. The zero-order valence-electron chi connectivity index (χ0n) is 13.6. The third kappa shape index (κ3) is 2.45. The predicted octanol–water partition coefficient (Wildman–Crippen LogP) is 4.11. The number of aromatic nitrogens is 1. The quantitative estimate of drug-likeness (QED) is 0.657. The average Bonchev–Trinajstić information content (AvgIpc) is 2.71. The van der Waals surface area contributed by atoms with E-state index >= 15 is 0 Å². The van der Waals surface area contributed by atoms with Gasteiger partial charge < -0.3 is 9.47 Å². The molecule has 0 unspecified atom stereocenters. The highest BCUT2D eigenvalue weighted by Crippen LogP contribution is 2.32. The Hall–Kier alpha value is -2.13. The van der Waals surface area contributed by atoms with Gasteiger partial charge in [-0.25, -0.2) is 4.39 Å². The average molecular weight is 308 g/mol. The van der Waals surface area contributed by atoms with Crippen molar-refractivity contribution in [2.75, 3.05) is 20.1 Å². The second-order valence-electron chi connectivity index (χ2n) is 6.56. The molecule has 0 spiro atoms.